The van der Waals surface area contributed by atoms with Gasteiger partial charge in [-0.1, -0.05) is 23.8 Å². The predicted octanol–water partition coefficient (Wildman–Crippen LogP) is 1.66. The largest absolute Gasteiger partial charge is 0.340 e. The molecule has 152 valence electrons. The second-order valence-corrected chi connectivity index (χ2v) is 8.28. The summed E-state index contributed by atoms with van der Waals surface area (Å²) in [5.41, 5.74) is 1.52. The highest BCUT2D eigenvalue weighted by Crippen LogP contribution is 2.35. The molecule has 0 bridgehead atoms. The van der Waals surface area contributed by atoms with E-state index in [1.54, 1.807) is 41.5 Å². The van der Waals surface area contributed by atoms with Crippen LogP contribution in [0, 0.1) is 6.92 Å². The van der Waals surface area contributed by atoms with Crippen molar-refractivity contribution in [3.05, 3.63) is 72.6 Å². The predicted molar refractivity (Wildman–Crippen MR) is 101 cm³/mol. The van der Waals surface area contributed by atoms with Crippen LogP contribution in [0.3, 0.4) is 0 Å². The van der Waals surface area contributed by atoms with E-state index in [0.717, 1.165) is 5.56 Å². The average Bonchev–Trinajstić information content (AvgIpc) is 3.39. The van der Waals surface area contributed by atoms with Gasteiger partial charge in [0, 0.05) is 6.20 Å². The lowest BCUT2D eigenvalue weighted by molar-refractivity contribution is -0.193. The summed E-state index contributed by atoms with van der Waals surface area (Å²) in [7, 11) is -3.90. The maximum atomic E-state index is 12.4. The Morgan fingerprint density at radius 2 is 2.07 bits per heavy atom. The molecule has 3 aromatic rings. The topological polar surface area (TPSA) is 105 Å². The smallest absolute Gasteiger partial charge is 0.297 e. The molecule has 1 aliphatic heterocycles. The normalized spacial score (nSPS) is 22.0. The minimum Gasteiger partial charge on any atom is -0.340 e. The second kappa shape index (κ2) is 7.99. The molecule has 4 rings (SSSR count). The van der Waals surface area contributed by atoms with E-state index in [2.05, 4.69) is 15.1 Å². The minimum atomic E-state index is -3.90. The Bertz CT molecular complexity index is 1040. The minimum absolute atomic E-state index is 0.0978. The van der Waals surface area contributed by atoms with Crippen LogP contribution in [0.5, 0.6) is 0 Å². The van der Waals surface area contributed by atoms with Crippen molar-refractivity contribution in [2.24, 2.45) is 0 Å². The number of rotatable bonds is 7. The summed E-state index contributed by atoms with van der Waals surface area (Å²) in [5, 5.41) is 4.10. The van der Waals surface area contributed by atoms with Crippen LogP contribution in [0.2, 0.25) is 0 Å². The summed E-state index contributed by atoms with van der Waals surface area (Å²) in [6.07, 6.45) is 4.00. The molecule has 9 nitrogen and oxygen atoms in total. The lowest BCUT2D eigenvalue weighted by atomic mass is 10.1. The Balaban J connectivity index is 1.48. The van der Waals surface area contributed by atoms with Crippen LogP contribution in [-0.2, 0) is 36.1 Å². The van der Waals surface area contributed by atoms with Crippen molar-refractivity contribution in [2.45, 2.75) is 30.3 Å². The number of aryl methyl sites for hydroxylation is 1. The molecular formula is C19H20N4O5S. The number of benzene rings is 1. The van der Waals surface area contributed by atoms with Crippen molar-refractivity contribution in [1.82, 2.24) is 19.7 Å². The standard InChI is InChI=1S/C19H20N4O5S/c1-15-5-7-17(8-6-15)29(24,25)27-11-16-10-26-19(28-16,12-23-14-20-13-22-23)18-4-2-3-9-21-18/h2-9,13-14,16H,10-12H2,1H3/t16-,19+/m0/s1. The summed E-state index contributed by atoms with van der Waals surface area (Å²) in [5.74, 6) is -1.21. The van der Waals surface area contributed by atoms with Gasteiger partial charge in [-0.25, -0.2) is 9.67 Å². The maximum absolute atomic E-state index is 12.4. The van der Waals surface area contributed by atoms with Crippen molar-refractivity contribution in [3.63, 3.8) is 0 Å². The zero-order chi connectivity index (χ0) is 20.3. The fourth-order valence-electron chi connectivity index (χ4n) is 3.00. The van der Waals surface area contributed by atoms with Crippen LogP contribution in [-0.4, -0.2) is 47.5 Å². The lowest BCUT2D eigenvalue weighted by Gasteiger charge is -2.27. The van der Waals surface area contributed by atoms with E-state index >= 15 is 0 Å². The van der Waals surface area contributed by atoms with Crippen molar-refractivity contribution in [3.8, 4) is 0 Å². The Kier molecular flexibility index (Phi) is 5.41. The highest BCUT2D eigenvalue weighted by Gasteiger charge is 2.45. The molecule has 2 aromatic heterocycles. The quantitative estimate of drug-likeness (QED) is 0.536. The van der Waals surface area contributed by atoms with Crippen LogP contribution in [0.1, 0.15) is 11.3 Å². The molecule has 0 amide bonds. The van der Waals surface area contributed by atoms with Gasteiger partial charge in [-0.15, -0.1) is 0 Å². The maximum Gasteiger partial charge on any atom is 0.297 e. The van der Waals surface area contributed by atoms with Crippen LogP contribution in [0.25, 0.3) is 0 Å². The molecule has 0 radical (unpaired) electrons. The third kappa shape index (κ3) is 4.35. The lowest BCUT2D eigenvalue weighted by Crippen LogP contribution is -2.35. The Morgan fingerprint density at radius 1 is 1.24 bits per heavy atom. The van der Waals surface area contributed by atoms with Gasteiger partial charge in [0.2, 0.25) is 5.79 Å². The monoisotopic (exact) mass is 416 g/mol. The molecular weight excluding hydrogens is 396 g/mol. The van der Waals surface area contributed by atoms with Crippen LogP contribution in [0.15, 0.2) is 66.2 Å². The average molecular weight is 416 g/mol. The van der Waals surface area contributed by atoms with Gasteiger partial charge in [-0.2, -0.15) is 13.5 Å². The Hall–Kier alpha value is -2.66. The summed E-state index contributed by atoms with van der Waals surface area (Å²) in [6.45, 7) is 2.06. The van der Waals surface area contributed by atoms with E-state index in [9.17, 15) is 8.42 Å². The highest BCUT2D eigenvalue weighted by atomic mass is 32.2. The summed E-state index contributed by atoms with van der Waals surface area (Å²) < 4.78 is 43.7. The van der Waals surface area contributed by atoms with E-state index in [1.165, 1.54) is 18.5 Å². The van der Waals surface area contributed by atoms with E-state index < -0.39 is 22.0 Å². The molecule has 0 aliphatic carbocycles. The van der Waals surface area contributed by atoms with Crippen molar-refractivity contribution >= 4 is 10.1 Å². The van der Waals surface area contributed by atoms with Gasteiger partial charge in [0.05, 0.1) is 18.1 Å². The molecule has 29 heavy (non-hydrogen) atoms. The number of aromatic nitrogens is 4. The number of hydrogen-bond donors (Lipinski definition) is 0. The van der Waals surface area contributed by atoms with Gasteiger partial charge in [0.25, 0.3) is 10.1 Å². The molecule has 0 N–H and O–H groups in total. The molecule has 1 aromatic carbocycles. The Morgan fingerprint density at radius 3 is 2.76 bits per heavy atom. The fraction of sp³-hybridized carbons (Fsp3) is 0.316. The first kappa shape index (κ1) is 19.6. The van der Waals surface area contributed by atoms with E-state index in [0.29, 0.717) is 5.69 Å². The molecule has 1 saturated heterocycles. The van der Waals surface area contributed by atoms with Crippen LogP contribution >= 0.6 is 0 Å². The van der Waals surface area contributed by atoms with Gasteiger partial charge in [-0.3, -0.25) is 9.17 Å². The number of hydrogen-bond acceptors (Lipinski definition) is 8. The Labute approximate surface area is 168 Å². The molecule has 0 saturated carbocycles. The zero-order valence-corrected chi connectivity index (χ0v) is 16.5. The van der Waals surface area contributed by atoms with E-state index in [4.69, 9.17) is 13.7 Å². The molecule has 1 aliphatic rings. The molecule has 2 atom stereocenters. The molecule has 10 heteroatoms. The molecule has 0 unspecified atom stereocenters. The van der Waals surface area contributed by atoms with Crippen molar-refractivity contribution in [1.29, 1.82) is 0 Å². The first-order chi connectivity index (χ1) is 14.0. The molecule has 1 fully saturated rings. The fourth-order valence-corrected chi connectivity index (χ4v) is 3.94. The second-order valence-electron chi connectivity index (χ2n) is 6.66. The first-order valence-electron chi connectivity index (χ1n) is 8.99. The summed E-state index contributed by atoms with van der Waals surface area (Å²) in [6, 6.07) is 11.9. The third-order valence-electron chi connectivity index (χ3n) is 4.47. The van der Waals surface area contributed by atoms with E-state index in [1.807, 2.05) is 13.0 Å². The van der Waals surface area contributed by atoms with Gasteiger partial charge in [-0.05, 0) is 31.2 Å². The molecule has 0 spiro atoms. The summed E-state index contributed by atoms with van der Waals surface area (Å²) >= 11 is 0. The van der Waals surface area contributed by atoms with Crippen LogP contribution in [0.4, 0.5) is 0 Å². The van der Waals surface area contributed by atoms with Crippen molar-refractivity contribution < 1.29 is 22.1 Å². The zero-order valence-electron chi connectivity index (χ0n) is 15.7. The van der Waals surface area contributed by atoms with Gasteiger partial charge in [0.15, 0.2) is 0 Å². The van der Waals surface area contributed by atoms with Gasteiger partial charge < -0.3 is 9.47 Å². The molecule has 3 heterocycles. The van der Waals surface area contributed by atoms with Crippen molar-refractivity contribution in [2.75, 3.05) is 13.2 Å². The SMILES string of the molecule is Cc1ccc(S(=O)(=O)OC[C@@H]2CO[C@@](Cn3cncn3)(c3ccccn3)O2)cc1. The highest BCUT2D eigenvalue weighted by molar-refractivity contribution is 7.86. The number of ether oxygens (including phenoxy) is 2. The number of pyridine rings is 1. The third-order valence-corrected chi connectivity index (χ3v) is 5.77. The summed E-state index contributed by atoms with van der Waals surface area (Å²) in [4.78, 5) is 8.37. The first-order valence-corrected chi connectivity index (χ1v) is 10.4. The van der Waals surface area contributed by atoms with E-state index in [-0.39, 0.29) is 24.7 Å². The van der Waals surface area contributed by atoms with Gasteiger partial charge in [0.1, 0.15) is 31.0 Å². The van der Waals surface area contributed by atoms with Gasteiger partial charge >= 0.3 is 0 Å². The number of nitrogens with zero attached hydrogens (tertiary/aromatic N) is 4. The van der Waals surface area contributed by atoms with Crippen LogP contribution < -0.4 is 0 Å².